The fraction of sp³-hybridized carbons (Fsp3) is 0.700. The van der Waals surface area contributed by atoms with Gasteiger partial charge in [0.15, 0.2) is 0 Å². The molecular weight excluding hydrogens is 360 g/mol. The van der Waals surface area contributed by atoms with Gasteiger partial charge < -0.3 is 4.90 Å². The number of anilines is 1. The second-order valence-corrected chi connectivity index (χ2v) is 9.69. The van der Waals surface area contributed by atoms with Crippen LogP contribution in [0.4, 0.5) is 5.69 Å². The van der Waals surface area contributed by atoms with Crippen molar-refractivity contribution in [2.45, 2.75) is 45.1 Å². The van der Waals surface area contributed by atoms with Crippen LogP contribution < -0.4 is 9.62 Å². The molecule has 1 saturated heterocycles. The first-order valence-electron chi connectivity index (χ1n) is 10.2. The number of piperazine rings is 1. The van der Waals surface area contributed by atoms with Gasteiger partial charge in [-0.25, -0.2) is 4.72 Å². The third-order valence-corrected chi connectivity index (χ3v) is 7.54. The van der Waals surface area contributed by atoms with Crippen LogP contribution in [0.3, 0.4) is 0 Å². The summed E-state index contributed by atoms with van der Waals surface area (Å²) in [6.45, 7) is 7.26. The third-order valence-electron chi connectivity index (χ3n) is 5.92. The lowest BCUT2D eigenvalue weighted by molar-refractivity contribution is 0.258. The molecule has 6 nitrogen and oxygen atoms in total. The number of hydrogen-bond acceptors (Lipinski definition) is 4. The zero-order chi connectivity index (χ0) is 19.3. The molecule has 0 radical (unpaired) electrons. The van der Waals surface area contributed by atoms with E-state index in [-0.39, 0.29) is 6.04 Å². The van der Waals surface area contributed by atoms with Crippen molar-refractivity contribution in [3.8, 4) is 0 Å². The Balaban J connectivity index is 1.41. The maximum absolute atomic E-state index is 12.5. The Morgan fingerprint density at radius 3 is 2.48 bits per heavy atom. The smallest absolute Gasteiger partial charge is 0.279 e. The number of rotatable bonds is 7. The van der Waals surface area contributed by atoms with Crippen molar-refractivity contribution in [3.05, 3.63) is 29.8 Å². The highest BCUT2D eigenvalue weighted by Gasteiger charge is 2.27. The molecule has 0 amide bonds. The normalized spacial score (nSPS) is 20.3. The van der Waals surface area contributed by atoms with Crippen LogP contribution in [0.15, 0.2) is 24.3 Å². The van der Waals surface area contributed by atoms with E-state index in [1.54, 1.807) is 11.4 Å². The third kappa shape index (κ3) is 5.67. The summed E-state index contributed by atoms with van der Waals surface area (Å²) >= 11 is 0. The SMILES string of the molecule is Cc1cccc(N2CCN(CCNS(=O)(=O)N(C)C3CCCCC3)CC2)c1. The summed E-state index contributed by atoms with van der Waals surface area (Å²) in [6.07, 6.45) is 5.47. The molecule has 1 aliphatic carbocycles. The Bertz CT molecular complexity index is 696. The zero-order valence-electron chi connectivity index (χ0n) is 16.7. The van der Waals surface area contributed by atoms with Crippen molar-refractivity contribution in [1.82, 2.24) is 13.9 Å². The monoisotopic (exact) mass is 394 g/mol. The Labute approximate surface area is 164 Å². The predicted molar refractivity (Wildman–Crippen MR) is 111 cm³/mol. The van der Waals surface area contributed by atoms with E-state index in [4.69, 9.17) is 0 Å². The van der Waals surface area contributed by atoms with Gasteiger partial charge in [0.05, 0.1) is 0 Å². The average molecular weight is 395 g/mol. The first kappa shape index (κ1) is 20.6. The summed E-state index contributed by atoms with van der Waals surface area (Å²) in [7, 11) is -1.65. The fourth-order valence-corrected chi connectivity index (χ4v) is 5.29. The molecule has 1 aromatic rings. The quantitative estimate of drug-likeness (QED) is 0.770. The second-order valence-electron chi connectivity index (χ2n) is 7.88. The Morgan fingerprint density at radius 1 is 1.11 bits per heavy atom. The van der Waals surface area contributed by atoms with Gasteiger partial charge in [0, 0.05) is 58.0 Å². The van der Waals surface area contributed by atoms with Crippen molar-refractivity contribution in [3.63, 3.8) is 0 Å². The lowest BCUT2D eigenvalue weighted by Gasteiger charge is -2.36. The van der Waals surface area contributed by atoms with Crippen LogP contribution in [0.2, 0.25) is 0 Å². The van der Waals surface area contributed by atoms with E-state index in [2.05, 4.69) is 45.7 Å². The van der Waals surface area contributed by atoms with Gasteiger partial charge in [0.2, 0.25) is 0 Å². The van der Waals surface area contributed by atoms with E-state index in [1.165, 1.54) is 17.7 Å². The van der Waals surface area contributed by atoms with Crippen molar-refractivity contribution >= 4 is 15.9 Å². The predicted octanol–water partition coefficient (Wildman–Crippen LogP) is 2.22. The van der Waals surface area contributed by atoms with Crippen LogP contribution in [0.25, 0.3) is 0 Å². The molecule has 3 rings (SSSR count). The molecule has 1 heterocycles. The van der Waals surface area contributed by atoms with E-state index >= 15 is 0 Å². The summed E-state index contributed by atoms with van der Waals surface area (Å²) in [5, 5.41) is 0. The zero-order valence-corrected chi connectivity index (χ0v) is 17.5. The molecule has 7 heteroatoms. The molecule has 1 saturated carbocycles. The molecule has 1 aliphatic heterocycles. The van der Waals surface area contributed by atoms with E-state index in [9.17, 15) is 8.42 Å². The first-order chi connectivity index (χ1) is 13.0. The van der Waals surface area contributed by atoms with Crippen LogP contribution in [0.1, 0.15) is 37.7 Å². The van der Waals surface area contributed by atoms with Crippen LogP contribution in [0.5, 0.6) is 0 Å². The number of nitrogens with one attached hydrogen (secondary N) is 1. The highest BCUT2D eigenvalue weighted by Crippen LogP contribution is 2.23. The number of hydrogen-bond donors (Lipinski definition) is 1. The van der Waals surface area contributed by atoms with Crippen molar-refractivity contribution in [1.29, 1.82) is 0 Å². The van der Waals surface area contributed by atoms with Crippen LogP contribution in [-0.2, 0) is 10.2 Å². The molecule has 152 valence electrons. The second kappa shape index (κ2) is 9.37. The highest BCUT2D eigenvalue weighted by molar-refractivity contribution is 7.87. The maximum Gasteiger partial charge on any atom is 0.279 e. The van der Waals surface area contributed by atoms with Gasteiger partial charge in [-0.15, -0.1) is 0 Å². The lowest BCUT2D eigenvalue weighted by Crippen LogP contribution is -2.50. The van der Waals surface area contributed by atoms with Gasteiger partial charge in [0.25, 0.3) is 10.2 Å². The summed E-state index contributed by atoms with van der Waals surface area (Å²) < 4.78 is 29.4. The molecule has 27 heavy (non-hydrogen) atoms. The summed E-state index contributed by atoms with van der Waals surface area (Å²) in [5.41, 5.74) is 2.57. The van der Waals surface area contributed by atoms with Gasteiger partial charge in [-0.05, 0) is 37.5 Å². The topological polar surface area (TPSA) is 55.9 Å². The molecule has 0 unspecified atom stereocenters. The summed E-state index contributed by atoms with van der Waals surface area (Å²) in [6, 6.07) is 8.78. The molecular formula is C20H34N4O2S. The van der Waals surface area contributed by atoms with Gasteiger partial charge in [-0.2, -0.15) is 12.7 Å². The standard InChI is InChI=1S/C20H34N4O2S/c1-18-7-6-10-20(17-18)24-15-13-23(14-16-24)12-11-21-27(25,26)22(2)19-8-4-3-5-9-19/h6-7,10,17,19,21H,3-5,8-9,11-16H2,1-2H3. The first-order valence-corrected chi connectivity index (χ1v) is 11.7. The van der Waals surface area contributed by atoms with Crippen molar-refractivity contribution in [2.24, 2.45) is 0 Å². The van der Waals surface area contributed by atoms with E-state index in [0.29, 0.717) is 6.54 Å². The Hall–Kier alpha value is -1.15. The molecule has 0 spiro atoms. The van der Waals surface area contributed by atoms with Gasteiger partial charge in [0.1, 0.15) is 0 Å². The van der Waals surface area contributed by atoms with E-state index < -0.39 is 10.2 Å². The highest BCUT2D eigenvalue weighted by atomic mass is 32.2. The Morgan fingerprint density at radius 2 is 1.81 bits per heavy atom. The fourth-order valence-electron chi connectivity index (χ4n) is 4.13. The maximum atomic E-state index is 12.5. The van der Waals surface area contributed by atoms with Gasteiger partial charge >= 0.3 is 0 Å². The summed E-state index contributed by atoms with van der Waals surface area (Å²) in [4.78, 5) is 4.75. The number of benzene rings is 1. The molecule has 0 atom stereocenters. The largest absolute Gasteiger partial charge is 0.369 e. The van der Waals surface area contributed by atoms with Crippen LogP contribution in [-0.4, -0.2) is 70.0 Å². The molecule has 0 bridgehead atoms. The average Bonchev–Trinajstić information content (AvgIpc) is 2.68. The minimum absolute atomic E-state index is 0.161. The van der Waals surface area contributed by atoms with Crippen LogP contribution in [0, 0.1) is 6.92 Å². The molecule has 0 aromatic heterocycles. The van der Waals surface area contributed by atoms with Crippen molar-refractivity contribution < 1.29 is 8.42 Å². The minimum Gasteiger partial charge on any atom is -0.369 e. The lowest BCUT2D eigenvalue weighted by atomic mass is 9.96. The molecule has 1 aromatic carbocycles. The van der Waals surface area contributed by atoms with Gasteiger partial charge in [-0.3, -0.25) is 4.90 Å². The van der Waals surface area contributed by atoms with Gasteiger partial charge in [-0.1, -0.05) is 31.4 Å². The van der Waals surface area contributed by atoms with E-state index in [0.717, 1.165) is 58.4 Å². The summed E-state index contributed by atoms with van der Waals surface area (Å²) in [5.74, 6) is 0. The molecule has 2 aliphatic rings. The molecule has 1 N–H and O–H groups in total. The number of aryl methyl sites for hydroxylation is 1. The van der Waals surface area contributed by atoms with E-state index in [1.807, 2.05) is 0 Å². The van der Waals surface area contributed by atoms with Crippen LogP contribution >= 0.6 is 0 Å². The van der Waals surface area contributed by atoms with Crippen molar-refractivity contribution in [2.75, 3.05) is 51.2 Å². The Kier molecular flexibility index (Phi) is 7.14. The number of nitrogens with zero attached hydrogens (tertiary/aromatic N) is 3. The molecule has 2 fully saturated rings. The minimum atomic E-state index is -3.37.